The smallest absolute Gasteiger partial charge is 0.0985 e. The Morgan fingerprint density at radius 1 is 1.30 bits per heavy atom. The number of benzene rings is 1. The maximum absolute atomic E-state index is 5.82. The minimum atomic E-state index is 0.216. The van der Waals surface area contributed by atoms with Crippen LogP contribution >= 0.6 is 0 Å². The normalized spacial score (nSPS) is 23.2. The summed E-state index contributed by atoms with van der Waals surface area (Å²) in [4.78, 5) is 0. The van der Waals surface area contributed by atoms with Crippen molar-refractivity contribution in [2.45, 2.75) is 25.4 Å². The third-order valence-corrected chi connectivity index (χ3v) is 4.24. The van der Waals surface area contributed by atoms with Crippen molar-refractivity contribution in [3.63, 3.8) is 0 Å². The summed E-state index contributed by atoms with van der Waals surface area (Å²) < 4.78 is 5.82. The molecule has 0 spiro atoms. The van der Waals surface area contributed by atoms with E-state index in [-0.39, 0.29) is 6.10 Å². The molecule has 4 heteroatoms. The molecule has 104 valence electrons. The number of hydrogen-bond acceptors (Lipinski definition) is 3. The maximum atomic E-state index is 5.82. The zero-order valence-corrected chi connectivity index (χ0v) is 11.5. The maximum Gasteiger partial charge on any atom is 0.0985 e. The Balaban J connectivity index is 1.81. The molecule has 0 saturated carbocycles. The summed E-state index contributed by atoms with van der Waals surface area (Å²) in [6, 6.07) is 6.42. The van der Waals surface area contributed by atoms with E-state index in [1.54, 1.807) is 0 Å². The summed E-state index contributed by atoms with van der Waals surface area (Å²) in [5.74, 6) is 0. The Bertz CT molecular complexity index is 653. The molecule has 2 aromatic rings. The molecule has 20 heavy (non-hydrogen) atoms. The average Bonchev–Trinajstić information content (AvgIpc) is 3.17. The van der Waals surface area contributed by atoms with Crippen molar-refractivity contribution in [1.29, 1.82) is 0 Å². The lowest BCUT2D eigenvalue weighted by Gasteiger charge is -2.13. The van der Waals surface area contributed by atoms with Gasteiger partial charge in [0.05, 0.1) is 17.3 Å². The van der Waals surface area contributed by atoms with E-state index in [9.17, 15) is 0 Å². The molecule has 4 nitrogen and oxygen atoms in total. The van der Waals surface area contributed by atoms with Crippen LogP contribution in [0.25, 0.3) is 16.5 Å². The number of rotatable bonds is 2. The molecular formula is C16H19N3O. The van der Waals surface area contributed by atoms with Gasteiger partial charge >= 0.3 is 0 Å². The number of nitrogens with one attached hydrogen (secondary N) is 2. The van der Waals surface area contributed by atoms with Crippen LogP contribution in [0.3, 0.4) is 0 Å². The highest BCUT2D eigenvalue weighted by Crippen LogP contribution is 2.34. The van der Waals surface area contributed by atoms with Crippen molar-refractivity contribution in [2.75, 3.05) is 19.7 Å². The molecule has 1 aromatic heterocycles. The van der Waals surface area contributed by atoms with Crippen LogP contribution in [-0.4, -0.2) is 29.9 Å². The van der Waals surface area contributed by atoms with Gasteiger partial charge in [0.1, 0.15) is 0 Å². The molecule has 0 radical (unpaired) electrons. The predicted molar refractivity (Wildman–Crippen MR) is 79.5 cm³/mol. The second kappa shape index (κ2) is 5.04. The molecule has 1 aromatic carbocycles. The van der Waals surface area contributed by atoms with Crippen LogP contribution in [-0.2, 0) is 4.74 Å². The van der Waals surface area contributed by atoms with Gasteiger partial charge in [-0.1, -0.05) is 24.3 Å². The molecule has 2 aliphatic rings. The van der Waals surface area contributed by atoms with Crippen LogP contribution in [0.4, 0.5) is 0 Å². The number of para-hydroxylation sites is 1. The summed E-state index contributed by atoms with van der Waals surface area (Å²) in [5.41, 5.74) is 4.78. The van der Waals surface area contributed by atoms with Crippen molar-refractivity contribution in [3.8, 4) is 0 Å². The van der Waals surface area contributed by atoms with Crippen LogP contribution < -0.4 is 5.32 Å². The molecule has 0 unspecified atom stereocenters. The lowest BCUT2D eigenvalue weighted by atomic mass is 10.00. The Kier molecular flexibility index (Phi) is 3.05. The average molecular weight is 269 g/mol. The zero-order chi connectivity index (χ0) is 13.4. The fraction of sp³-hybridized carbons (Fsp3) is 0.438. The SMILES string of the molecule is C1=C(c2[nH]nc3c([C@H]4CCCO4)cccc23)CNCC1. The lowest BCUT2D eigenvalue weighted by Crippen LogP contribution is -2.21. The van der Waals surface area contributed by atoms with E-state index in [1.165, 1.54) is 16.5 Å². The number of hydrogen-bond donors (Lipinski definition) is 2. The van der Waals surface area contributed by atoms with Gasteiger partial charge in [-0.2, -0.15) is 5.10 Å². The van der Waals surface area contributed by atoms with Gasteiger partial charge < -0.3 is 10.1 Å². The fourth-order valence-electron chi connectivity index (χ4n) is 3.22. The van der Waals surface area contributed by atoms with Crippen molar-refractivity contribution in [2.24, 2.45) is 0 Å². The van der Waals surface area contributed by atoms with Crippen molar-refractivity contribution < 1.29 is 4.74 Å². The van der Waals surface area contributed by atoms with Gasteiger partial charge in [-0.3, -0.25) is 5.10 Å². The molecule has 3 heterocycles. The first kappa shape index (κ1) is 12.1. The predicted octanol–water partition coefficient (Wildman–Crippen LogP) is 2.79. The third kappa shape index (κ3) is 1.96. The summed E-state index contributed by atoms with van der Waals surface area (Å²) in [6.45, 7) is 2.85. The Morgan fingerprint density at radius 2 is 2.30 bits per heavy atom. The molecule has 0 bridgehead atoms. The van der Waals surface area contributed by atoms with E-state index in [0.29, 0.717) is 0 Å². The fourth-order valence-corrected chi connectivity index (χ4v) is 3.22. The standard InChI is InChI=1S/C16H19N3O/c1-5-12(14-7-3-9-20-14)16-13(6-1)15(18-19-16)11-4-2-8-17-10-11/h1,4-6,14,17H,2-3,7-10H2,(H,18,19)/t14-/m1/s1. The summed E-state index contributed by atoms with van der Waals surface area (Å²) in [5, 5.41) is 12.4. The lowest BCUT2D eigenvalue weighted by molar-refractivity contribution is 0.113. The first-order valence-electron chi connectivity index (χ1n) is 7.42. The number of aromatic nitrogens is 2. The van der Waals surface area contributed by atoms with Crippen molar-refractivity contribution >= 4 is 16.5 Å². The summed E-state index contributed by atoms with van der Waals surface area (Å²) in [7, 11) is 0. The summed E-state index contributed by atoms with van der Waals surface area (Å²) in [6.07, 6.45) is 5.86. The molecule has 0 aliphatic carbocycles. The molecule has 0 amide bonds. The van der Waals surface area contributed by atoms with Crippen LogP contribution in [0, 0.1) is 0 Å². The van der Waals surface area contributed by atoms with Gasteiger partial charge in [0.15, 0.2) is 0 Å². The highest BCUT2D eigenvalue weighted by atomic mass is 16.5. The number of nitrogens with zero attached hydrogens (tertiary/aromatic N) is 1. The zero-order valence-electron chi connectivity index (χ0n) is 11.5. The monoisotopic (exact) mass is 269 g/mol. The minimum Gasteiger partial charge on any atom is -0.373 e. The van der Waals surface area contributed by atoms with Gasteiger partial charge in [0.25, 0.3) is 0 Å². The van der Waals surface area contributed by atoms with E-state index in [2.05, 4.69) is 39.8 Å². The van der Waals surface area contributed by atoms with E-state index >= 15 is 0 Å². The number of fused-ring (bicyclic) bond motifs is 1. The molecule has 4 rings (SSSR count). The quantitative estimate of drug-likeness (QED) is 0.881. The van der Waals surface area contributed by atoms with E-state index in [4.69, 9.17) is 4.74 Å². The van der Waals surface area contributed by atoms with Crippen LogP contribution in [0.2, 0.25) is 0 Å². The van der Waals surface area contributed by atoms with Gasteiger partial charge in [0, 0.05) is 24.1 Å². The summed E-state index contributed by atoms with van der Waals surface area (Å²) >= 11 is 0. The molecule has 1 fully saturated rings. The number of H-pyrrole nitrogens is 1. The minimum absolute atomic E-state index is 0.216. The first-order chi connectivity index (χ1) is 9.93. The van der Waals surface area contributed by atoms with Crippen molar-refractivity contribution in [1.82, 2.24) is 15.5 Å². The molecule has 2 aliphatic heterocycles. The van der Waals surface area contributed by atoms with Crippen LogP contribution in [0.5, 0.6) is 0 Å². The topological polar surface area (TPSA) is 49.9 Å². The van der Waals surface area contributed by atoms with Crippen LogP contribution in [0.15, 0.2) is 24.3 Å². The van der Waals surface area contributed by atoms with E-state index < -0.39 is 0 Å². The molecular weight excluding hydrogens is 250 g/mol. The van der Waals surface area contributed by atoms with Crippen molar-refractivity contribution in [3.05, 3.63) is 35.5 Å². The van der Waals surface area contributed by atoms with E-state index in [0.717, 1.165) is 50.2 Å². The van der Waals surface area contributed by atoms with E-state index in [1.807, 2.05) is 0 Å². The molecule has 2 N–H and O–H groups in total. The Hall–Kier alpha value is -1.65. The second-order valence-corrected chi connectivity index (χ2v) is 5.54. The number of aromatic amines is 1. The largest absolute Gasteiger partial charge is 0.373 e. The third-order valence-electron chi connectivity index (χ3n) is 4.24. The second-order valence-electron chi connectivity index (χ2n) is 5.54. The Morgan fingerprint density at radius 3 is 3.10 bits per heavy atom. The molecule has 1 saturated heterocycles. The highest BCUT2D eigenvalue weighted by Gasteiger charge is 2.22. The molecule has 1 atom stereocenters. The van der Waals surface area contributed by atoms with Crippen LogP contribution in [0.1, 0.15) is 36.6 Å². The Labute approximate surface area is 118 Å². The highest BCUT2D eigenvalue weighted by molar-refractivity contribution is 5.92. The number of ether oxygens (including phenoxy) is 1. The van der Waals surface area contributed by atoms with Gasteiger partial charge in [-0.05, 0) is 31.4 Å². The van der Waals surface area contributed by atoms with Gasteiger partial charge in [-0.25, -0.2) is 0 Å². The van der Waals surface area contributed by atoms with Gasteiger partial charge in [-0.15, -0.1) is 0 Å². The van der Waals surface area contributed by atoms with Gasteiger partial charge in [0.2, 0.25) is 0 Å². The first-order valence-corrected chi connectivity index (χ1v) is 7.42.